The predicted molar refractivity (Wildman–Crippen MR) is 89.5 cm³/mol. The van der Waals surface area contributed by atoms with Crippen molar-refractivity contribution in [3.05, 3.63) is 35.9 Å². The quantitative estimate of drug-likeness (QED) is 0.825. The van der Waals surface area contributed by atoms with Crippen LogP contribution in [0.25, 0.3) is 0 Å². The summed E-state index contributed by atoms with van der Waals surface area (Å²) >= 11 is 0. The lowest BCUT2D eigenvalue weighted by Gasteiger charge is -2.34. The molecule has 2 heteroatoms. The number of aryl methyl sites for hydroxylation is 1. The number of benzene rings is 1. The van der Waals surface area contributed by atoms with Crippen LogP contribution in [0.5, 0.6) is 0 Å². The van der Waals surface area contributed by atoms with Gasteiger partial charge in [-0.2, -0.15) is 0 Å². The van der Waals surface area contributed by atoms with Gasteiger partial charge in [0, 0.05) is 18.6 Å². The normalized spacial score (nSPS) is 21.6. The third kappa shape index (κ3) is 4.55. The third-order valence-electron chi connectivity index (χ3n) is 5.20. The summed E-state index contributed by atoms with van der Waals surface area (Å²) in [5, 5.41) is 3.49. The predicted octanol–water partition coefficient (Wildman–Crippen LogP) is 3.47. The van der Waals surface area contributed by atoms with Gasteiger partial charge in [0.25, 0.3) is 0 Å². The molecule has 0 bridgehead atoms. The van der Waals surface area contributed by atoms with Crippen LogP contribution in [0.3, 0.4) is 0 Å². The van der Waals surface area contributed by atoms with Crippen LogP contribution in [-0.2, 0) is 6.42 Å². The molecule has 116 valence electrons. The van der Waals surface area contributed by atoms with E-state index in [-0.39, 0.29) is 0 Å². The second-order valence-electron chi connectivity index (χ2n) is 6.99. The summed E-state index contributed by atoms with van der Waals surface area (Å²) < 4.78 is 0. The second kappa shape index (κ2) is 7.42. The van der Waals surface area contributed by atoms with Crippen molar-refractivity contribution in [1.29, 1.82) is 0 Å². The van der Waals surface area contributed by atoms with Gasteiger partial charge in [0.1, 0.15) is 0 Å². The number of hydrogen-bond donors (Lipinski definition) is 1. The molecule has 1 aliphatic heterocycles. The Balaban J connectivity index is 1.50. The molecule has 1 unspecified atom stereocenters. The Morgan fingerprint density at radius 1 is 1.10 bits per heavy atom. The van der Waals surface area contributed by atoms with Crippen molar-refractivity contribution < 1.29 is 0 Å². The summed E-state index contributed by atoms with van der Waals surface area (Å²) in [4.78, 5) is 2.83. The van der Waals surface area contributed by atoms with E-state index in [0.29, 0.717) is 0 Å². The van der Waals surface area contributed by atoms with Crippen LogP contribution in [-0.4, -0.2) is 36.6 Å². The Hall–Kier alpha value is -0.860. The summed E-state index contributed by atoms with van der Waals surface area (Å²) in [7, 11) is 0. The fourth-order valence-electron chi connectivity index (χ4n) is 3.64. The highest BCUT2D eigenvalue weighted by Gasteiger charge is 2.33. The van der Waals surface area contributed by atoms with E-state index in [1.165, 1.54) is 63.7 Å². The first-order valence-electron chi connectivity index (χ1n) is 8.83. The van der Waals surface area contributed by atoms with E-state index in [1.807, 2.05) is 0 Å². The zero-order chi connectivity index (χ0) is 14.5. The Labute approximate surface area is 129 Å². The summed E-state index contributed by atoms with van der Waals surface area (Å²) in [5.74, 6) is 0.922. The summed E-state index contributed by atoms with van der Waals surface area (Å²) in [5.41, 5.74) is 1.49. The molecule has 1 atom stereocenters. The lowest BCUT2D eigenvalue weighted by Crippen LogP contribution is -2.42. The standard InChI is InChI=1S/C19H30N2/c1-16(7-8-17-5-3-2-4-6-17)21(19-9-10-19)15-18-11-13-20-14-12-18/h2-6,16,18-20H,7-15H2,1H3. The van der Waals surface area contributed by atoms with Gasteiger partial charge in [-0.05, 0) is 70.0 Å². The van der Waals surface area contributed by atoms with Gasteiger partial charge in [0.15, 0.2) is 0 Å². The molecule has 21 heavy (non-hydrogen) atoms. The molecule has 0 aromatic heterocycles. The van der Waals surface area contributed by atoms with Gasteiger partial charge < -0.3 is 5.32 Å². The van der Waals surface area contributed by atoms with E-state index in [2.05, 4.69) is 47.5 Å². The monoisotopic (exact) mass is 286 g/mol. The molecular weight excluding hydrogens is 256 g/mol. The minimum absolute atomic E-state index is 0.729. The molecule has 1 N–H and O–H groups in total. The van der Waals surface area contributed by atoms with Crippen molar-refractivity contribution in [3.8, 4) is 0 Å². The largest absolute Gasteiger partial charge is 0.317 e. The number of nitrogens with one attached hydrogen (secondary N) is 1. The molecule has 1 heterocycles. The highest BCUT2D eigenvalue weighted by molar-refractivity contribution is 5.14. The van der Waals surface area contributed by atoms with Crippen LogP contribution >= 0.6 is 0 Å². The van der Waals surface area contributed by atoms with Crippen LogP contribution in [0.4, 0.5) is 0 Å². The van der Waals surface area contributed by atoms with Crippen LogP contribution < -0.4 is 5.32 Å². The molecule has 1 aromatic carbocycles. The molecule has 1 aromatic rings. The van der Waals surface area contributed by atoms with Crippen molar-refractivity contribution in [2.24, 2.45) is 5.92 Å². The lowest BCUT2D eigenvalue weighted by atomic mass is 9.96. The smallest absolute Gasteiger partial charge is 0.00993 e. The highest BCUT2D eigenvalue weighted by Crippen LogP contribution is 2.31. The van der Waals surface area contributed by atoms with Crippen molar-refractivity contribution in [2.75, 3.05) is 19.6 Å². The Bertz CT molecular complexity index is 407. The lowest BCUT2D eigenvalue weighted by molar-refractivity contribution is 0.145. The fraction of sp³-hybridized carbons (Fsp3) is 0.684. The van der Waals surface area contributed by atoms with Gasteiger partial charge in [-0.15, -0.1) is 0 Å². The second-order valence-corrected chi connectivity index (χ2v) is 6.99. The maximum absolute atomic E-state index is 3.49. The molecule has 0 amide bonds. The third-order valence-corrected chi connectivity index (χ3v) is 5.20. The van der Waals surface area contributed by atoms with Gasteiger partial charge in [0.05, 0.1) is 0 Å². The SMILES string of the molecule is CC(CCc1ccccc1)N(CC1CCNCC1)C1CC1. The van der Waals surface area contributed by atoms with Crippen molar-refractivity contribution in [2.45, 2.75) is 57.5 Å². The maximum Gasteiger partial charge on any atom is 0.00993 e. The van der Waals surface area contributed by atoms with Gasteiger partial charge in [-0.3, -0.25) is 4.90 Å². The molecule has 1 saturated carbocycles. The zero-order valence-electron chi connectivity index (χ0n) is 13.4. The van der Waals surface area contributed by atoms with Crippen molar-refractivity contribution >= 4 is 0 Å². The summed E-state index contributed by atoms with van der Waals surface area (Å²) in [6.45, 7) is 6.23. The maximum atomic E-state index is 3.49. The molecule has 2 nitrogen and oxygen atoms in total. The first-order chi connectivity index (χ1) is 10.3. The molecule has 3 rings (SSSR count). The van der Waals surface area contributed by atoms with Crippen molar-refractivity contribution in [3.63, 3.8) is 0 Å². The number of rotatable bonds is 7. The number of nitrogens with zero attached hydrogens (tertiary/aromatic N) is 1. The topological polar surface area (TPSA) is 15.3 Å². The van der Waals surface area contributed by atoms with Crippen LogP contribution in [0.2, 0.25) is 0 Å². The van der Waals surface area contributed by atoms with E-state index in [1.54, 1.807) is 0 Å². The van der Waals surface area contributed by atoms with Crippen molar-refractivity contribution in [1.82, 2.24) is 10.2 Å². The zero-order valence-corrected chi connectivity index (χ0v) is 13.4. The average Bonchev–Trinajstić information content (AvgIpc) is 3.37. The average molecular weight is 286 g/mol. The minimum atomic E-state index is 0.729. The van der Waals surface area contributed by atoms with E-state index in [9.17, 15) is 0 Å². The van der Waals surface area contributed by atoms with E-state index < -0.39 is 0 Å². The Kier molecular flexibility index (Phi) is 5.32. The van der Waals surface area contributed by atoms with Gasteiger partial charge in [-0.1, -0.05) is 30.3 Å². The van der Waals surface area contributed by atoms with Gasteiger partial charge >= 0.3 is 0 Å². The van der Waals surface area contributed by atoms with Crippen LogP contribution in [0.15, 0.2) is 30.3 Å². The van der Waals surface area contributed by atoms with Crippen LogP contribution in [0.1, 0.15) is 44.6 Å². The van der Waals surface area contributed by atoms with E-state index >= 15 is 0 Å². The molecule has 0 radical (unpaired) electrons. The first kappa shape index (κ1) is 15.1. The summed E-state index contributed by atoms with van der Waals surface area (Å²) in [6, 6.07) is 12.6. The minimum Gasteiger partial charge on any atom is -0.317 e. The highest BCUT2D eigenvalue weighted by atomic mass is 15.2. The molecule has 0 spiro atoms. The fourth-order valence-corrected chi connectivity index (χ4v) is 3.64. The number of piperidine rings is 1. The molecule has 1 aliphatic carbocycles. The Morgan fingerprint density at radius 3 is 2.48 bits per heavy atom. The molecular formula is C19H30N2. The van der Waals surface area contributed by atoms with Crippen LogP contribution in [0, 0.1) is 5.92 Å². The Morgan fingerprint density at radius 2 is 1.81 bits per heavy atom. The molecule has 1 saturated heterocycles. The van der Waals surface area contributed by atoms with E-state index in [4.69, 9.17) is 0 Å². The molecule has 2 fully saturated rings. The van der Waals surface area contributed by atoms with E-state index in [0.717, 1.165) is 18.0 Å². The first-order valence-corrected chi connectivity index (χ1v) is 8.83. The molecule has 2 aliphatic rings. The summed E-state index contributed by atoms with van der Waals surface area (Å²) in [6.07, 6.45) is 8.12. The number of hydrogen-bond acceptors (Lipinski definition) is 2. The van der Waals surface area contributed by atoms with Gasteiger partial charge in [-0.25, -0.2) is 0 Å². The van der Waals surface area contributed by atoms with Gasteiger partial charge in [0.2, 0.25) is 0 Å².